The van der Waals surface area contributed by atoms with Gasteiger partial charge in [0.15, 0.2) is 0 Å². The fourth-order valence-corrected chi connectivity index (χ4v) is 2.67. The van der Waals surface area contributed by atoms with Crippen molar-refractivity contribution in [3.05, 3.63) is 42.2 Å². The first-order valence-electron chi connectivity index (χ1n) is 7.33. The molecule has 1 heterocycles. The van der Waals surface area contributed by atoms with E-state index in [-0.39, 0.29) is 5.41 Å². The van der Waals surface area contributed by atoms with Gasteiger partial charge in [0.05, 0.1) is 0 Å². The summed E-state index contributed by atoms with van der Waals surface area (Å²) >= 11 is 1.66. The van der Waals surface area contributed by atoms with Crippen LogP contribution >= 0.6 is 11.8 Å². The summed E-state index contributed by atoms with van der Waals surface area (Å²) < 4.78 is 0. The summed E-state index contributed by atoms with van der Waals surface area (Å²) in [6.07, 6.45) is 2.70. The van der Waals surface area contributed by atoms with Crippen LogP contribution in [0.3, 0.4) is 0 Å². The van der Waals surface area contributed by atoms with Crippen LogP contribution in [-0.4, -0.2) is 16.5 Å². The Morgan fingerprint density at radius 2 is 1.81 bits per heavy atom. The van der Waals surface area contributed by atoms with E-state index in [1.807, 2.05) is 6.07 Å². The lowest BCUT2D eigenvalue weighted by Gasteiger charge is -2.19. The Morgan fingerprint density at radius 3 is 2.43 bits per heavy atom. The van der Waals surface area contributed by atoms with E-state index in [0.29, 0.717) is 0 Å². The molecule has 0 fully saturated rings. The molecule has 2 rings (SSSR count). The number of hydrogen-bond donors (Lipinski definition) is 1. The fourth-order valence-electron chi connectivity index (χ4n) is 1.89. The molecule has 0 unspecified atom stereocenters. The van der Waals surface area contributed by atoms with Crippen molar-refractivity contribution in [1.82, 2.24) is 9.97 Å². The average molecular weight is 301 g/mol. The number of nitrogens with one attached hydrogen (secondary N) is 1. The average Bonchev–Trinajstić information content (AvgIpc) is 2.45. The molecule has 0 saturated heterocycles. The molecule has 21 heavy (non-hydrogen) atoms. The third kappa shape index (κ3) is 4.74. The summed E-state index contributed by atoms with van der Waals surface area (Å²) in [5.74, 6) is 0.890. The monoisotopic (exact) mass is 301 g/mol. The molecule has 0 aliphatic carbocycles. The molecule has 3 nitrogen and oxygen atoms in total. The summed E-state index contributed by atoms with van der Waals surface area (Å²) in [4.78, 5) is 9.75. The Bertz CT molecular complexity index is 573. The summed E-state index contributed by atoms with van der Waals surface area (Å²) in [5.41, 5.74) is 1.54. The summed E-state index contributed by atoms with van der Waals surface area (Å²) in [5, 5.41) is 4.25. The van der Waals surface area contributed by atoms with Crippen molar-refractivity contribution < 1.29 is 0 Å². The Hall–Kier alpha value is -1.55. The lowest BCUT2D eigenvalue weighted by molar-refractivity contribution is 0.590. The van der Waals surface area contributed by atoms with Crippen LogP contribution in [-0.2, 0) is 5.41 Å². The fraction of sp³-hybridized carbons (Fsp3) is 0.412. The highest BCUT2D eigenvalue weighted by Crippen LogP contribution is 2.29. The molecule has 0 aliphatic rings. The van der Waals surface area contributed by atoms with Gasteiger partial charge in [-0.05, 0) is 29.5 Å². The van der Waals surface area contributed by atoms with Crippen molar-refractivity contribution in [3.63, 3.8) is 0 Å². The van der Waals surface area contributed by atoms with Crippen LogP contribution in [0.15, 0.2) is 46.6 Å². The SMILES string of the molecule is CCCNc1cc(Sc2ccc(C(C)(C)C)cc2)ncn1. The quantitative estimate of drug-likeness (QED) is 0.809. The predicted octanol–water partition coefficient (Wildman–Crippen LogP) is 4.75. The normalized spacial score (nSPS) is 11.4. The van der Waals surface area contributed by atoms with Crippen LogP contribution in [0.2, 0.25) is 0 Å². The van der Waals surface area contributed by atoms with Gasteiger partial charge in [0, 0.05) is 17.5 Å². The maximum Gasteiger partial charge on any atom is 0.130 e. The molecule has 4 heteroatoms. The van der Waals surface area contributed by atoms with E-state index < -0.39 is 0 Å². The highest BCUT2D eigenvalue weighted by molar-refractivity contribution is 7.99. The first kappa shape index (κ1) is 15.8. The molecule has 2 aromatic rings. The zero-order valence-corrected chi connectivity index (χ0v) is 14.0. The minimum absolute atomic E-state index is 0.190. The highest BCUT2D eigenvalue weighted by atomic mass is 32.2. The minimum Gasteiger partial charge on any atom is -0.370 e. The third-order valence-corrected chi connectivity index (χ3v) is 4.08. The predicted molar refractivity (Wildman–Crippen MR) is 90.1 cm³/mol. The van der Waals surface area contributed by atoms with E-state index in [9.17, 15) is 0 Å². The second-order valence-electron chi connectivity index (χ2n) is 6.04. The van der Waals surface area contributed by atoms with Crippen molar-refractivity contribution in [1.29, 1.82) is 0 Å². The van der Waals surface area contributed by atoms with E-state index in [2.05, 4.69) is 67.2 Å². The minimum atomic E-state index is 0.190. The number of rotatable bonds is 5. The summed E-state index contributed by atoms with van der Waals surface area (Å²) in [6.45, 7) is 9.75. The standard InChI is InChI=1S/C17H23N3S/c1-5-10-18-15-11-16(20-12-19-15)21-14-8-6-13(7-9-14)17(2,3)4/h6-9,11-12H,5,10H2,1-4H3,(H,18,19,20). The number of hydrogen-bond acceptors (Lipinski definition) is 4. The molecule has 0 bridgehead atoms. The van der Waals surface area contributed by atoms with E-state index in [1.54, 1.807) is 18.1 Å². The van der Waals surface area contributed by atoms with Gasteiger partial charge in [0.1, 0.15) is 17.2 Å². The molecule has 1 aromatic carbocycles. The second kappa shape index (κ2) is 6.94. The Morgan fingerprint density at radius 1 is 1.10 bits per heavy atom. The van der Waals surface area contributed by atoms with Gasteiger partial charge < -0.3 is 5.32 Å². The number of anilines is 1. The maximum atomic E-state index is 4.33. The highest BCUT2D eigenvalue weighted by Gasteiger charge is 2.13. The topological polar surface area (TPSA) is 37.8 Å². The van der Waals surface area contributed by atoms with Crippen LogP contribution in [0, 0.1) is 0 Å². The molecule has 1 N–H and O–H groups in total. The van der Waals surface area contributed by atoms with Crippen LogP contribution in [0.5, 0.6) is 0 Å². The van der Waals surface area contributed by atoms with E-state index in [1.165, 1.54) is 10.5 Å². The molecular weight excluding hydrogens is 278 g/mol. The van der Waals surface area contributed by atoms with Crippen molar-refractivity contribution in [2.24, 2.45) is 0 Å². The molecule has 0 aliphatic heterocycles. The maximum absolute atomic E-state index is 4.33. The molecular formula is C17H23N3S. The van der Waals surface area contributed by atoms with E-state index in [0.717, 1.165) is 23.8 Å². The first-order chi connectivity index (χ1) is 9.99. The van der Waals surface area contributed by atoms with E-state index in [4.69, 9.17) is 0 Å². The molecule has 0 amide bonds. The smallest absolute Gasteiger partial charge is 0.130 e. The van der Waals surface area contributed by atoms with Gasteiger partial charge in [-0.3, -0.25) is 0 Å². The number of aromatic nitrogens is 2. The lowest BCUT2D eigenvalue weighted by atomic mass is 9.87. The second-order valence-corrected chi connectivity index (χ2v) is 7.14. The van der Waals surface area contributed by atoms with Crippen molar-refractivity contribution in [2.45, 2.75) is 49.5 Å². The van der Waals surface area contributed by atoms with Crippen LogP contribution < -0.4 is 5.32 Å². The lowest BCUT2D eigenvalue weighted by Crippen LogP contribution is -2.10. The summed E-state index contributed by atoms with van der Waals surface area (Å²) in [6, 6.07) is 10.7. The van der Waals surface area contributed by atoms with Crippen molar-refractivity contribution in [2.75, 3.05) is 11.9 Å². The van der Waals surface area contributed by atoms with Crippen LogP contribution in [0.25, 0.3) is 0 Å². The van der Waals surface area contributed by atoms with Crippen molar-refractivity contribution >= 4 is 17.6 Å². The molecule has 1 aromatic heterocycles. The van der Waals surface area contributed by atoms with Crippen LogP contribution in [0.1, 0.15) is 39.7 Å². The van der Waals surface area contributed by atoms with Gasteiger partial charge in [-0.1, -0.05) is 51.6 Å². The zero-order valence-electron chi connectivity index (χ0n) is 13.2. The van der Waals surface area contributed by atoms with Gasteiger partial charge in [-0.15, -0.1) is 0 Å². The molecule has 0 radical (unpaired) electrons. The zero-order chi connectivity index (χ0) is 15.3. The number of nitrogens with zero attached hydrogens (tertiary/aromatic N) is 2. The number of benzene rings is 1. The summed E-state index contributed by atoms with van der Waals surface area (Å²) in [7, 11) is 0. The molecule has 112 valence electrons. The third-order valence-electron chi connectivity index (χ3n) is 3.14. The van der Waals surface area contributed by atoms with Crippen LogP contribution in [0.4, 0.5) is 5.82 Å². The van der Waals surface area contributed by atoms with Gasteiger partial charge in [0.25, 0.3) is 0 Å². The molecule has 0 atom stereocenters. The Balaban J connectivity index is 2.07. The van der Waals surface area contributed by atoms with Gasteiger partial charge in [0.2, 0.25) is 0 Å². The first-order valence-corrected chi connectivity index (χ1v) is 8.15. The van der Waals surface area contributed by atoms with Gasteiger partial charge >= 0.3 is 0 Å². The molecule has 0 saturated carbocycles. The Kier molecular flexibility index (Phi) is 5.23. The van der Waals surface area contributed by atoms with Crippen molar-refractivity contribution in [3.8, 4) is 0 Å². The Labute approximate surface area is 131 Å². The van der Waals surface area contributed by atoms with E-state index >= 15 is 0 Å². The largest absolute Gasteiger partial charge is 0.370 e. The van der Waals surface area contributed by atoms with Gasteiger partial charge in [-0.2, -0.15) is 0 Å². The van der Waals surface area contributed by atoms with Gasteiger partial charge in [-0.25, -0.2) is 9.97 Å². The molecule has 0 spiro atoms.